The number of hydrogen-bond donors (Lipinski definition) is 0. The van der Waals surface area contributed by atoms with E-state index in [-0.39, 0.29) is 5.78 Å². The summed E-state index contributed by atoms with van der Waals surface area (Å²) in [6.45, 7) is 5.08. The molecule has 0 amide bonds. The van der Waals surface area contributed by atoms with Crippen molar-refractivity contribution in [1.82, 2.24) is 14.8 Å². The van der Waals surface area contributed by atoms with Crippen molar-refractivity contribution in [1.29, 1.82) is 0 Å². The maximum Gasteiger partial charge on any atom is 0.186 e. The minimum Gasteiger partial charge on any atom is -0.304 e. The molecule has 1 aliphatic rings. The van der Waals surface area contributed by atoms with Gasteiger partial charge in [-0.15, -0.1) is 0 Å². The zero-order chi connectivity index (χ0) is 16.8. The van der Waals surface area contributed by atoms with Crippen molar-refractivity contribution < 1.29 is 4.79 Å². The minimum atomic E-state index is 0.0450. The first-order valence-electron chi connectivity index (χ1n) is 8.33. The van der Waals surface area contributed by atoms with Gasteiger partial charge in [-0.1, -0.05) is 30.3 Å². The molecule has 0 N–H and O–H groups in total. The van der Waals surface area contributed by atoms with E-state index < -0.39 is 0 Å². The lowest BCUT2D eigenvalue weighted by atomic mass is 10.0. The van der Waals surface area contributed by atoms with Gasteiger partial charge in [-0.2, -0.15) is 0 Å². The molecule has 2 aromatic rings. The number of benzene rings is 1. The third kappa shape index (κ3) is 4.37. The van der Waals surface area contributed by atoms with Crippen LogP contribution in [0.4, 0.5) is 0 Å². The fraction of sp³-hybridized carbons (Fsp3) is 0.300. The van der Waals surface area contributed by atoms with Gasteiger partial charge in [-0.05, 0) is 36.4 Å². The summed E-state index contributed by atoms with van der Waals surface area (Å²) in [5.74, 6) is 0.0450. The molecular formula is C20H23N3O. The molecule has 0 atom stereocenters. The third-order valence-corrected chi connectivity index (χ3v) is 4.38. The van der Waals surface area contributed by atoms with Crippen LogP contribution in [0.3, 0.4) is 0 Å². The summed E-state index contributed by atoms with van der Waals surface area (Å²) in [6.07, 6.45) is 6.94. The summed E-state index contributed by atoms with van der Waals surface area (Å²) in [6, 6.07) is 11.7. The van der Waals surface area contributed by atoms with Crippen molar-refractivity contribution in [2.45, 2.75) is 6.54 Å². The van der Waals surface area contributed by atoms with Gasteiger partial charge in [0.25, 0.3) is 0 Å². The molecule has 0 spiro atoms. The van der Waals surface area contributed by atoms with Crippen LogP contribution in [0.25, 0.3) is 6.08 Å². The van der Waals surface area contributed by atoms with Gasteiger partial charge in [-0.25, -0.2) is 0 Å². The maximum absolute atomic E-state index is 12.6. The minimum absolute atomic E-state index is 0.0450. The second-order valence-corrected chi connectivity index (χ2v) is 6.22. The van der Waals surface area contributed by atoms with Gasteiger partial charge < -0.3 is 4.90 Å². The number of hydrogen-bond acceptors (Lipinski definition) is 4. The molecule has 0 saturated carbocycles. The number of allylic oxidation sites excluding steroid dienone is 1. The fourth-order valence-electron chi connectivity index (χ4n) is 2.88. The fourth-order valence-corrected chi connectivity index (χ4v) is 2.88. The van der Waals surface area contributed by atoms with E-state index in [1.807, 2.05) is 36.4 Å². The Morgan fingerprint density at radius 1 is 1.12 bits per heavy atom. The van der Waals surface area contributed by atoms with Crippen LogP contribution in [0.1, 0.15) is 21.5 Å². The molecule has 1 aromatic heterocycles. The predicted molar refractivity (Wildman–Crippen MR) is 96.8 cm³/mol. The summed E-state index contributed by atoms with van der Waals surface area (Å²) < 4.78 is 0. The van der Waals surface area contributed by atoms with E-state index in [1.54, 1.807) is 18.5 Å². The van der Waals surface area contributed by atoms with E-state index in [1.165, 1.54) is 0 Å². The number of nitrogens with zero attached hydrogens (tertiary/aromatic N) is 3. The van der Waals surface area contributed by atoms with Crippen LogP contribution in [0.2, 0.25) is 0 Å². The topological polar surface area (TPSA) is 36.4 Å². The number of piperazine rings is 1. The largest absolute Gasteiger partial charge is 0.304 e. The Morgan fingerprint density at radius 2 is 1.92 bits per heavy atom. The quantitative estimate of drug-likeness (QED) is 0.627. The molecule has 0 unspecified atom stereocenters. The predicted octanol–water partition coefficient (Wildman–Crippen LogP) is 2.73. The zero-order valence-corrected chi connectivity index (χ0v) is 14.1. The number of rotatable bonds is 5. The highest BCUT2D eigenvalue weighted by Crippen LogP contribution is 2.15. The highest BCUT2D eigenvalue weighted by molar-refractivity contribution is 6.07. The standard InChI is InChI=1S/C20H23N3O/c1-22-11-13-23(14-12-22)16-18-6-2-3-7-19(18)20(24)9-8-17-5-4-10-21-15-17/h2-10,15H,11-14,16H2,1H3/b9-8+. The molecule has 24 heavy (non-hydrogen) atoms. The number of likely N-dealkylation sites (N-methyl/N-ethyl adjacent to an activating group) is 1. The van der Waals surface area contributed by atoms with Gasteiger partial charge in [0, 0.05) is 50.7 Å². The van der Waals surface area contributed by atoms with Gasteiger partial charge in [0.15, 0.2) is 5.78 Å². The van der Waals surface area contributed by atoms with E-state index in [4.69, 9.17) is 0 Å². The highest BCUT2D eigenvalue weighted by Gasteiger charge is 2.16. The van der Waals surface area contributed by atoms with Crippen LogP contribution >= 0.6 is 0 Å². The third-order valence-electron chi connectivity index (χ3n) is 4.38. The first kappa shape index (κ1) is 16.6. The number of ketones is 1. The Hall–Kier alpha value is -2.30. The zero-order valence-electron chi connectivity index (χ0n) is 14.1. The normalized spacial score (nSPS) is 16.5. The Kier molecular flexibility index (Phi) is 5.51. The lowest BCUT2D eigenvalue weighted by molar-refractivity contribution is 0.104. The summed E-state index contributed by atoms with van der Waals surface area (Å²) in [5, 5.41) is 0. The SMILES string of the molecule is CN1CCN(Cc2ccccc2C(=O)/C=C/c2cccnc2)CC1. The Morgan fingerprint density at radius 3 is 2.67 bits per heavy atom. The first-order valence-corrected chi connectivity index (χ1v) is 8.33. The number of aromatic nitrogens is 1. The average Bonchev–Trinajstić information content (AvgIpc) is 2.63. The summed E-state index contributed by atoms with van der Waals surface area (Å²) in [4.78, 5) is 21.4. The molecule has 4 nitrogen and oxygen atoms in total. The molecule has 1 aromatic carbocycles. The van der Waals surface area contributed by atoms with Crippen molar-refractivity contribution in [3.05, 3.63) is 71.6 Å². The first-order chi connectivity index (χ1) is 11.7. The molecule has 1 saturated heterocycles. The van der Waals surface area contributed by atoms with Crippen LogP contribution < -0.4 is 0 Å². The monoisotopic (exact) mass is 321 g/mol. The van der Waals surface area contributed by atoms with Gasteiger partial charge in [-0.3, -0.25) is 14.7 Å². The molecule has 3 rings (SSSR count). The molecule has 1 aliphatic heterocycles. The molecule has 1 fully saturated rings. The Labute approximate surface area is 143 Å². The van der Waals surface area contributed by atoms with Gasteiger partial charge in [0.1, 0.15) is 0 Å². The molecule has 0 aliphatic carbocycles. The summed E-state index contributed by atoms with van der Waals surface area (Å²) in [7, 11) is 2.15. The van der Waals surface area contributed by atoms with Crippen LogP contribution in [-0.2, 0) is 6.54 Å². The van der Waals surface area contributed by atoms with Crippen LogP contribution in [0.5, 0.6) is 0 Å². The lowest BCUT2D eigenvalue weighted by Gasteiger charge is -2.32. The van der Waals surface area contributed by atoms with Crippen molar-refractivity contribution in [2.75, 3.05) is 33.2 Å². The maximum atomic E-state index is 12.6. The van der Waals surface area contributed by atoms with Crippen molar-refractivity contribution in [2.24, 2.45) is 0 Å². The van der Waals surface area contributed by atoms with E-state index in [0.717, 1.165) is 49.4 Å². The van der Waals surface area contributed by atoms with E-state index in [0.29, 0.717) is 0 Å². The number of pyridine rings is 1. The summed E-state index contributed by atoms with van der Waals surface area (Å²) in [5.41, 5.74) is 2.82. The average molecular weight is 321 g/mol. The molecule has 124 valence electrons. The molecule has 0 radical (unpaired) electrons. The van der Waals surface area contributed by atoms with E-state index in [9.17, 15) is 4.79 Å². The summed E-state index contributed by atoms with van der Waals surface area (Å²) >= 11 is 0. The van der Waals surface area contributed by atoms with Gasteiger partial charge >= 0.3 is 0 Å². The van der Waals surface area contributed by atoms with Gasteiger partial charge in [0.2, 0.25) is 0 Å². The Balaban J connectivity index is 1.71. The number of carbonyl (C=O) groups is 1. The van der Waals surface area contributed by atoms with E-state index in [2.05, 4.69) is 27.9 Å². The smallest absolute Gasteiger partial charge is 0.186 e. The van der Waals surface area contributed by atoms with Crippen LogP contribution in [0.15, 0.2) is 54.9 Å². The van der Waals surface area contributed by atoms with Gasteiger partial charge in [0.05, 0.1) is 0 Å². The lowest BCUT2D eigenvalue weighted by Crippen LogP contribution is -2.44. The number of carbonyl (C=O) groups excluding carboxylic acids is 1. The molecule has 0 bridgehead atoms. The molecule has 4 heteroatoms. The van der Waals surface area contributed by atoms with Crippen LogP contribution in [-0.4, -0.2) is 53.8 Å². The molecule has 2 heterocycles. The highest BCUT2D eigenvalue weighted by atomic mass is 16.1. The second kappa shape index (κ2) is 7.99. The van der Waals surface area contributed by atoms with E-state index >= 15 is 0 Å². The van der Waals surface area contributed by atoms with Crippen molar-refractivity contribution >= 4 is 11.9 Å². The van der Waals surface area contributed by atoms with Crippen LogP contribution in [0, 0.1) is 0 Å². The second-order valence-electron chi connectivity index (χ2n) is 6.22. The Bertz CT molecular complexity index is 704. The van der Waals surface area contributed by atoms with Crippen molar-refractivity contribution in [3.63, 3.8) is 0 Å². The molecular weight excluding hydrogens is 298 g/mol. The van der Waals surface area contributed by atoms with Crippen molar-refractivity contribution in [3.8, 4) is 0 Å².